The monoisotopic (exact) mass is 423 g/mol. The minimum absolute atomic E-state index is 0.0807. The zero-order valence-corrected chi connectivity index (χ0v) is 16.9. The molecule has 31 heavy (non-hydrogen) atoms. The molecular weight excluding hydrogens is 401 g/mol. The number of nitrogens with zero attached hydrogens (tertiary/aromatic N) is 3. The molecule has 1 atom stereocenters. The van der Waals surface area contributed by atoms with Crippen LogP contribution >= 0.6 is 0 Å². The quantitative estimate of drug-likeness (QED) is 0.647. The number of fused-ring (bicyclic) bond motifs is 2. The summed E-state index contributed by atoms with van der Waals surface area (Å²) >= 11 is 0. The van der Waals surface area contributed by atoms with Crippen molar-refractivity contribution in [2.24, 2.45) is 0 Å². The number of hydrogen-bond acceptors (Lipinski definition) is 5. The second kappa shape index (κ2) is 8.02. The molecule has 2 aromatic carbocycles. The molecule has 3 aromatic rings. The SMILES string of the molecule is O=C(Cn1cnc2cc(F)ccc2c1=O)N1CCCC1c1ccc2c(c1)OCCCO2. The van der Waals surface area contributed by atoms with Crippen LogP contribution in [0, 0.1) is 5.82 Å². The molecule has 7 nitrogen and oxygen atoms in total. The van der Waals surface area contributed by atoms with E-state index in [-0.39, 0.29) is 35.0 Å². The molecule has 1 amide bonds. The summed E-state index contributed by atoms with van der Waals surface area (Å²) in [7, 11) is 0. The number of aromatic nitrogens is 2. The number of likely N-dealkylation sites (tertiary alicyclic amines) is 1. The van der Waals surface area contributed by atoms with Gasteiger partial charge in [-0.05, 0) is 42.7 Å². The lowest BCUT2D eigenvalue weighted by Gasteiger charge is -2.26. The van der Waals surface area contributed by atoms with Crippen molar-refractivity contribution in [1.29, 1.82) is 0 Å². The Morgan fingerprint density at radius 3 is 2.81 bits per heavy atom. The Balaban J connectivity index is 1.39. The van der Waals surface area contributed by atoms with Gasteiger partial charge in [0, 0.05) is 19.0 Å². The molecule has 1 aromatic heterocycles. The number of carbonyl (C=O) groups excluding carboxylic acids is 1. The summed E-state index contributed by atoms with van der Waals surface area (Å²) in [6, 6.07) is 9.58. The van der Waals surface area contributed by atoms with E-state index >= 15 is 0 Å². The van der Waals surface area contributed by atoms with E-state index in [0.717, 1.165) is 30.6 Å². The first kappa shape index (κ1) is 19.5. The first-order valence-corrected chi connectivity index (χ1v) is 10.4. The number of halogens is 1. The van der Waals surface area contributed by atoms with Gasteiger partial charge in [0.05, 0.1) is 36.5 Å². The Labute approximate surface area is 178 Å². The van der Waals surface area contributed by atoms with Crippen molar-refractivity contribution in [3.05, 3.63) is 64.5 Å². The Kier molecular flexibility index (Phi) is 5.05. The lowest BCUT2D eigenvalue weighted by molar-refractivity contribution is -0.132. The number of ether oxygens (including phenoxy) is 2. The number of benzene rings is 2. The molecule has 2 aliphatic rings. The van der Waals surface area contributed by atoms with Crippen LogP contribution in [0.3, 0.4) is 0 Å². The Morgan fingerprint density at radius 1 is 1.10 bits per heavy atom. The zero-order chi connectivity index (χ0) is 21.4. The summed E-state index contributed by atoms with van der Waals surface area (Å²) in [4.78, 5) is 31.8. The molecular formula is C23H22FN3O4. The van der Waals surface area contributed by atoms with Gasteiger partial charge in [0.1, 0.15) is 12.4 Å². The molecule has 3 heterocycles. The lowest BCUT2D eigenvalue weighted by atomic mass is 10.0. The standard InChI is InChI=1S/C23H22FN3O4/c24-16-5-6-17-18(12-16)25-14-26(23(17)29)13-22(28)27-8-1-3-19(27)15-4-7-20-21(11-15)31-10-2-9-30-20/h4-7,11-12,14,19H,1-3,8-10,13H2. The van der Waals surface area contributed by atoms with E-state index in [1.807, 2.05) is 18.2 Å². The van der Waals surface area contributed by atoms with Gasteiger partial charge in [-0.15, -0.1) is 0 Å². The Bertz CT molecular complexity index is 1210. The van der Waals surface area contributed by atoms with E-state index in [2.05, 4.69) is 4.98 Å². The summed E-state index contributed by atoms with van der Waals surface area (Å²) in [5.74, 6) is 0.821. The highest BCUT2D eigenvalue weighted by Gasteiger charge is 2.31. The van der Waals surface area contributed by atoms with Gasteiger partial charge >= 0.3 is 0 Å². The molecule has 0 N–H and O–H groups in total. The van der Waals surface area contributed by atoms with Crippen molar-refractivity contribution >= 4 is 16.8 Å². The van der Waals surface area contributed by atoms with E-state index in [4.69, 9.17) is 9.47 Å². The van der Waals surface area contributed by atoms with Gasteiger partial charge in [0.2, 0.25) is 5.91 Å². The maximum absolute atomic E-state index is 13.4. The molecule has 1 unspecified atom stereocenters. The fraction of sp³-hybridized carbons (Fsp3) is 0.348. The highest BCUT2D eigenvalue weighted by atomic mass is 19.1. The number of rotatable bonds is 3. The first-order valence-electron chi connectivity index (χ1n) is 10.4. The summed E-state index contributed by atoms with van der Waals surface area (Å²) in [6.07, 6.45) is 3.87. The third kappa shape index (κ3) is 3.73. The van der Waals surface area contributed by atoms with Crippen LogP contribution in [0.25, 0.3) is 10.9 Å². The van der Waals surface area contributed by atoms with Crippen molar-refractivity contribution in [3.8, 4) is 11.5 Å². The maximum atomic E-state index is 13.4. The van der Waals surface area contributed by atoms with Gasteiger partial charge in [-0.3, -0.25) is 14.2 Å². The van der Waals surface area contributed by atoms with Crippen molar-refractivity contribution in [2.45, 2.75) is 31.8 Å². The van der Waals surface area contributed by atoms with Crippen LogP contribution in [-0.4, -0.2) is 40.1 Å². The van der Waals surface area contributed by atoms with Crippen LogP contribution < -0.4 is 15.0 Å². The zero-order valence-electron chi connectivity index (χ0n) is 16.9. The van der Waals surface area contributed by atoms with E-state index in [0.29, 0.717) is 25.5 Å². The third-order valence-corrected chi connectivity index (χ3v) is 5.82. The van der Waals surface area contributed by atoms with Crippen LogP contribution in [0.1, 0.15) is 30.9 Å². The molecule has 0 bridgehead atoms. The van der Waals surface area contributed by atoms with Gasteiger partial charge in [0.25, 0.3) is 5.56 Å². The normalized spacial score (nSPS) is 18.2. The third-order valence-electron chi connectivity index (χ3n) is 5.82. The molecule has 0 saturated carbocycles. The topological polar surface area (TPSA) is 73.7 Å². The lowest BCUT2D eigenvalue weighted by Crippen LogP contribution is -2.36. The van der Waals surface area contributed by atoms with E-state index in [9.17, 15) is 14.0 Å². The Morgan fingerprint density at radius 2 is 1.94 bits per heavy atom. The number of amides is 1. The highest BCUT2D eigenvalue weighted by Crippen LogP contribution is 2.38. The summed E-state index contributed by atoms with van der Waals surface area (Å²) < 4.78 is 26.2. The smallest absolute Gasteiger partial charge is 0.261 e. The predicted octanol–water partition coefficient (Wildman–Crippen LogP) is 3.06. The minimum atomic E-state index is -0.455. The Hall–Kier alpha value is -3.42. The molecule has 160 valence electrons. The van der Waals surface area contributed by atoms with Crippen molar-refractivity contribution in [3.63, 3.8) is 0 Å². The molecule has 0 spiro atoms. The van der Waals surface area contributed by atoms with E-state index in [1.165, 1.54) is 29.1 Å². The average Bonchev–Trinajstić information content (AvgIpc) is 3.14. The van der Waals surface area contributed by atoms with Gasteiger partial charge in [-0.1, -0.05) is 6.07 Å². The maximum Gasteiger partial charge on any atom is 0.261 e. The molecule has 1 fully saturated rings. The fourth-order valence-electron chi connectivity index (χ4n) is 4.28. The second-order valence-electron chi connectivity index (χ2n) is 7.84. The molecule has 1 saturated heterocycles. The van der Waals surface area contributed by atoms with Crippen LogP contribution in [0.2, 0.25) is 0 Å². The van der Waals surface area contributed by atoms with Gasteiger partial charge in [0.15, 0.2) is 11.5 Å². The van der Waals surface area contributed by atoms with E-state index < -0.39 is 5.82 Å². The van der Waals surface area contributed by atoms with Crippen molar-refractivity contribution < 1.29 is 18.7 Å². The fourth-order valence-corrected chi connectivity index (χ4v) is 4.28. The van der Waals surface area contributed by atoms with Crippen LogP contribution in [0.4, 0.5) is 4.39 Å². The number of carbonyl (C=O) groups is 1. The predicted molar refractivity (Wildman–Crippen MR) is 112 cm³/mol. The first-order chi connectivity index (χ1) is 15.1. The van der Waals surface area contributed by atoms with Crippen LogP contribution in [0.15, 0.2) is 47.5 Å². The second-order valence-corrected chi connectivity index (χ2v) is 7.84. The highest BCUT2D eigenvalue weighted by molar-refractivity contribution is 5.79. The molecule has 5 rings (SSSR count). The summed E-state index contributed by atoms with van der Waals surface area (Å²) in [5.41, 5.74) is 0.916. The molecule has 0 radical (unpaired) electrons. The largest absolute Gasteiger partial charge is 0.490 e. The number of hydrogen-bond donors (Lipinski definition) is 0. The van der Waals surface area contributed by atoms with E-state index in [1.54, 1.807) is 4.90 Å². The summed E-state index contributed by atoms with van der Waals surface area (Å²) in [5, 5.41) is 0.289. The van der Waals surface area contributed by atoms with Crippen molar-refractivity contribution in [1.82, 2.24) is 14.5 Å². The van der Waals surface area contributed by atoms with Gasteiger partial charge in [-0.2, -0.15) is 0 Å². The molecule has 2 aliphatic heterocycles. The molecule has 0 aliphatic carbocycles. The molecule has 8 heteroatoms. The summed E-state index contributed by atoms with van der Waals surface area (Å²) in [6.45, 7) is 1.74. The minimum Gasteiger partial charge on any atom is -0.490 e. The van der Waals surface area contributed by atoms with Crippen LogP contribution in [0.5, 0.6) is 11.5 Å². The average molecular weight is 423 g/mol. The van der Waals surface area contributed by atoms with Crippen molar-refractivity contribution in [2.75, 3.05) is 19.8 Å². The van der Waals surface area contributed by atoms with Gasteiger partial charge in [-0.25, -0.2) is 9.37 Å². The van der Waals surface area contributed by atoms with Crippen LogP contribution in [-0.2, 0) is 11.3 Å². The van der Waals surface area contributed by atoms with Gasteiger partial charge < -0.3 is 14.4 Å².